The number of nitrogens with zero attached hydrogens (tertiary/aromatic N) is 3. The lowest BCUT2D eigenvalue weighted by Crippen LogP contribution is -2.32. The summed E-state index contributed by atoms with van der Waals surface area (Å²) in [6, 6.07) is 13.1. The summed E-state index contributed by atoms with van der Waals surface area (Å²) >= 11 is 0. The molecule has 0 saturated carbocycles. The smallest absolute Gasteiger partial charge is 0.333 e. The number of hydrogen-bond donors (Lipinski definition) is 0. The van der Waals surface area contributed by atoms with E-state index in [4.69, 9.17) is 4.84 Å². The summed E-state index contributed by atoms with van der Waals surface area (Å²) in [7, 11) is 0. The molecule has 0 unspecified atom stereocenters. The molecule has 2 heterocycles. The van der Waals surface area contributed by atoms with Gasteiger partial charge in [-0.2, -0.15) is 0 Å². The van der Waals surface area contributed by atoms with Crippen LogP contribution in [0.15, 0.2) is 67.3 Å². The molecule has 7 heteroatoms. The average molecular weight is 347 g/mol. The minimum atomic E-state index is -0.770. The van der Waals surface area contributed by atoms with Crippen LogP contribution in [0.1, 0.15) is 36.6 Å². The Balaban J connectivity index is 1.47. The van der Waals surface area contributed by atoms with Gasteiger partial charge in [-0.1, -0.05) is 29.3 Å². The molecule has 3 aromatic rings. The number of aromatic nitrogens is 2. The van der Waals surface area contributed by atoms with Gasteiger partial charge >= 0.3 is 5.97 Å². The molecular weight excluding hydrogens is 334 g/mol. The summed E-state index contributed by atoms with van der Waals surface area (Å²) in [5.41, 5.74) is 1.66. The van der Waals surface area contributed by atoms with Gasteiger partial charge in [-0.3, -0.25) is 9.59 Å². The molecule has 1 aromatic heterocycles. The molecule has 0 N–H and O–H groups in total. The first-order valence-electron chi connectivity index (χ1n) is 7.88. The first-order valence-corrected chi connectivity index (χ1v) is 7.88. The molecule has 2 amide bonds. The molecule has 0 aliphatic carbocycles. The highest BCUT2D eigenvalue weighted by molar-refractivity contribution is 6.21. The quantitative estimate of drug-likeness (QED) is 0.677. The van der Waals surface area contributed by atoms with Crippen LogP contribution in [0.2, 0.25) is 0 Å². The van der Waals surface area contributed by atoms with E-state index in [1.807, 2.05) is 10.8 Å². The Morgan fingerprint density at radius 2 is 1.62 bits per heavy atom. The highest BCUT2D eigenvalue weighted by Crippen LogP contribution is 2.23. The van der Waals surface area contributed by atoms with E-state index in [0.29, 0.717) is 11.6 Å². The number of amides is 2. The van der Waals surface area contributed by atoms with Crippen LogP contribution in [-0.2, 0) is 11.4 Å². The van der Waals surface area contributed by atoms with Crippen molar-refractivity contribution in [2.45, 2.75) is 6.54 Å². The van der Waals surface area contributed by atoms with Crippen molar-refractivity contribution in [3.63, 3.8) is 0 Å². The predicted molar refractivity (Wildman–Crippen MR) is 90.1 cm³/mol. The first kappa shape index (κ1) is 15.8. The van der Waals surface area contributed by atoms with Crippen molar-refractivity contribution in [1.29, 1.82) is 0 Å². The van der Waals surface area contributed by atoms with Crippen LogP contribution < -0.4 is 0 Å². The Labute approximate surface area is 148 Å². The molecule has 0 radical (unpaired) electrons. The van der Waals surface area contributed by atoms with E-state index in [0.717, 1.165) is 5.56 Å². The fourth-order valence-electron chi connectivity index (χ4n) is 2.72. The number of hydroxylamine groups is 2. The van der Waals surface area contributed by atoms with Crippen molar-refractivity contribution in [3.8, 4) is 0 Å². The van der Waals surface area contributed by atoms with E-state index >= 15 is 0 Å². The Hall–Kier alpha value is -3.74. The average Bonchev–Trinajstić information content (AvgIpc) is 3.25. The number of fused-ring (bicyclic) bond motifs is 1. The van der Waals surface area contributed by atoms with Crippen LogP contribution in [0.25, 0.3) is 0 Å². The number of rotatable bonds is 4. The van der Waals surface area contributed by atoms with Gasteiger partial charge in [0.15, 0.2) is 0 Å². The van der Waals surface area contributed by atoms with Gasteiger partial charge in [-0.05, 0) is 29.8 Å². The topological polar surface area (TPSA) is 81.5 Å². The number of carbonyl (C=O) groups excluding carboxylic acids is 3. The zero-order valence-corrected chi connectivity index (χ0v) is 13.5. The molecule has 0 saturated heterocycles. The maximum absolute atomic E-state index is 12.3. The van der Waals surface area contributed by atoms with Crippen molar-refractivity contribution in [2.75, 3.05) is 0 Å². The molecule has 26 heavy (non-hydrogen) atoms. The lowest BCUT2D eigenvalue weighted by atomic mass is 10.1. The summed E-state index contributed by atoms with van der Waals surface area (Å²) in [4.78, 5) is 45.7. The molecule has 4 rings (SSSR count). The summed E-state index contributed by atoms with van der Waals surface area (Å²) in [6.45, 7) is 0.619. The largest absolute Gasteiger partial charge is 0.363 e. The van der Waals surface area contributed by atoms with Gasteiger partial charge in [0.05, 0.1) is 23.0 Å². The zero-order valence-electron chi connectivity index (χ0n) is 13.5. The van der Waals surface area contributed by atoms with E-state index in [1.165, 1.54) is 12.1 Å². The summed E-state index contributed by atoms with van der Waals surface area (Å²) in [6.07, 6.45) is 5.22. The SMILES string of the molecule is O=C(ON1C(=O)c2ccccc2C1=O)c1ccc(Cn2ccnc2)cc1. The third kappa shape index (κ3) is 2.75. The lowest BCUT2D eigenvalue weighted by Gasteiger charge is -2.12. The van der Waals surface area contributed by atoms with Crippen molar-refractivity contribution >= 4 is 17.8 Å². The predicted octanol–water partition coefficient (Wildman–Crippen LogP) is 2.30. The van der Waals surface area contributed by atoms with Crippen molar-refractivity contribution in [3.05, 3.63) is 89.5 Å². The number of carbonyl (C=O) groups is 3. The molecule has 0 spiro atoms. The molecule has 1 aliphatic heterocycles. The third-order valence-electron chi connectivity index (χ3n) is 4.04. The van der Waals surface area contributed by atoms with Gasteiger partial charge in [0.2, 0.25) is 0 Å². The molecular formula is C19H13N3O4. The molecule has 7 nitrogen and oxygen atoms in total. The zero-order chi connectivity index (χ0) is 18.1. The molecule has 0 fully saturated rings. The van der Waals surface area contributed by atoms with E-state index in [-0.39, 0.29) is 16.7 Å². The first-order chi connectivity index (χ1) is 12.6. The maximum Gasteiger partial charge on any atom is 0.363 e. The Morgan fingerprint density at radius 3 is 2.19 bits per heavy atom. The van der Waals surface area contributed by atoms with Crippen molar-refractivity contribution in [2.24, 2.45) is 0 Å². The molecule has 0 atom stereocenters. The summed E-state index contributed by atoms with van der Waals surface area (Å²) < 4.78 is 1.89. The van der Waals surface area contributed by atoms with Crippen LogP contribution >= 0.6 is 0 Å². The van der Waals surface area contributed by atoms with E-state index < -0.39 is 17.8 Å². The molecule has 128 valence electrons. The van der Waals surface area contributed by atoms with Gasteiger partial charge in [-0.25, -0.2) is 9.78 Å². The molecule has 0 bridgehead atoms. The standard InChI is InChI=1S/C19H13N3O4/c23-17-15-3-1-2-4-16(15)18(24)22(17)26-19(25)14-7-5-13(6-8-14)11-21-10-9-20-12-21/h1-10,12H,11H2. The summed E-state index contributed by atoms with van der Waals surface area (Å²) in [5, 5.41) is 0.506. The second-order valence-electron chi connectivity index (χ2n) is 5.76. The number of hydrogen-bond acceptors (Lipinski definition) is 5. The molecule has 1 aliphatic rings. The minimum Gasteiger partial charge on any atom is -0.333 e. The Bertz CT molecular complexity index is 959. The van der Waals surface area contributed by atoms with Crippen molar-refractivity contribution in [1.82, 2.24) is 14.6 Å². The lowest BCUT2D eigenvalue weighted by molar-refractivity contribution is -0.0584. The number of benzene rings is 2. The van der Waals surface area contributed by atoms with Gasteiger partial charge in [0, 0.05) is 18.9 Å². The fraction of sp³-hybridized carbons (Fsp3) is 0.0526. The van der Waals surface area contributed by atoms with Crippen LogP contribution in [0.3, 0.4) is 0 Å². The van der Waals surface area contributed by atoms with E-state index in [9.17, 15) is 14.4 Å². The molecule has 2 aromatic carbocycles. The summed E-state index contributed by atoms with van der Waals surface area (Å²) in [5.74, 6) is -2.06. The van der Waals surface area contributed by atoms with Gasteiger partial charge in [-0.15, -0.1) is 0 Å². The van der Waals surface area contributed by atoms with Gasteiger partial charge in [0.25, 0.3) is 11.8 Å². The number of imide groups is 1. The van der Waals surface area contributed by atoms with E-state index in [2.05, 4.69) is 4.98 Å². The Kier molecular flexibility index (Phi) is 3.81. The normalized spacial score (nSPS) is 13.0. The fourth-order valence-corrected chi connectivity index (χ4v) is 2.72. The second-order valence-corrected chi connectivity index (χ2v) is 5.76. The minimum absolute atomic E-state index is 0.223. The highest BCUT2D eigenvalue weighted by atomic mass is 16.7. The number of imidazole rings is 1. The Morgan fingerprint density at radius 1 is 0.962 bits per heavy atom. The third-order valence-corrected chi connectivity index (χ3v) is 4.04. The van der Waals surface area contributed by atoms with Crippen LogP contribution in [0, 0.1) is 0 Å². The van der Waals surface area contributed by atoms with Crippen LogP contribution in [0.5, 0.6) is 0 Å². The van der Waals surface area contributed by atoms with Crippen molar-refractivity contribution < 1.29 is 19.2 Å². The van der Waals surface area contributed by atoms with Gasteiger partial charge in [0.1, 0.15) is 0 Å². The van der Waals surface area contributed by atoms with Crippen LogP contribution in [0.4, 0.5) is 0 Å². The van der Waals surface area contributed by atoms with Gasteiger partial charge < -0.3 is 9.40 Å². The second kappa shape index (κ2) is 6.29. The van der Waals surface area contributed by atoms with E-state index in [1.54, 1.807) is 48.9 Å². The highest BCUT2D eigenvalue weighted by Gasteiger charge is 2.38. The monoisotopic (exact) mass is 347 g/mol. The maximum atomic E-state index is 12.3. The van der Waals surface area contributed by atoms with Crippen LogP contribution in [-0.4, -0.2) is 32.4 Å².